The summed E-state index contributed by atoms with van der Waals surface area (Å²) in [7, 11) is 1.45. The number of alkyl halides is 3. The summed E-state index contributed by atoms with van der Waals surface area (Å²) >= 11 is 0. The topological polar surface area (TPSA) is 97.4 Å². The zero-order chi connectivity index (χ0) is 26.7. The highest BCUT2D eigenvalue weighted by molar-refractivity contribution is 5.97. The van der Waals surface area contributed by atoms with Crippen LogP contribution in [0.5, 0.6) is 0 Å². The molecule has 4 rings (SSSR count). The first-order valence-electron chi connectivity index (χ1n) is 11.6. The second-order valence-electron chi connectivity index (χ2n) is 8.42. The number of carbonyl (C=O) groups is 1. The van der Waals surface area contributed by atoms with Gasteiger partial charge in [0.15, 0.2) is 11.2 Å². The van der Waals surface area contributed by atoms with Crippen LogP contribution in [0.4, 0.5) is 24.8 Å². The fraction of sp³-hybridized carbons (Fsp3) is 0.417. The van der Waals surface area contributed by atoms with E-state index in [1.807, 2.05) is 4.90 Å². The zero-order valence-corrected chi connectivity index (χ0v) is 20.4. The van der Waals surface area contributed by atoms with Crippen LogP contribution in [0, 0.1) is 11.8 Å². The van der Waals surface area contributed by atoms with Crippen molar-refractivity contribution in [2.45, 2.75) is 26.2 Å². The third-order valence-electron chi connectivity index (χ3n) is 6.13. The Bertz CT molecular complexity index is 1470. The lowest BCUT2D eigenvalue weighted by atomic mass is 10.2. The number of amides is 1. The summed E-state index contributed by atoms with van der Waals surface area (Å²) in [6.07, 6.45) is -5.13. The predicted molar refractivity (Wildman–Crippen MR) is 133 cm³/mol. The van der Waals surface area contributed by atoms with E-state index in [4.69, 9.17) is 0 Å². The first-order chi connectivity index (χ1) is 17.6. The van der Waals surface area contributed by atoms with Crippen LogP contribution in [0.15, 0.2) is 39.9 Å². The lowest BCUT2D eigenvalue weighted by Crippen LogP contribution is -2.46. The molecule has 0 radical (unpaired) electrons. The Morgan fingerprint density at radius 3 is 2.43 bits per heavy atom. The zero-order valence-electron chi connectivity index (χ0n) is 20.4. The highest BCUT2D eigenvalue weighted by atomic mass is 19.4. The van der Waals surface area contributed by atoms with Gasteiger partial charge in [-0.2, -0.15) is 18.2 Å². The fourth-order valence-corrected chi connectivity index (χ4v) is 4.28. The van der Waals surface area contributed by atoms with E-state index in [0.29, 0.717) is 37.0 Å². The third kappa shape index (κ3) is 5.10. The number of hydrogen-bond donors (Lipinski definition) is 1. The Hall–Kier alpha value is -4.05. The molecule has 0 spiro atoms. The molecule has 1 fully saturated rings. The molecule has 0 unspecified atom stereocenters. The van der Waals surface area contributed by atoms with Crippen molar-refractivity contribution in [3.05, 3.63) is 51.2 Å². The molecule has 1 aliphatic heterocycles. The van der Waals surface area contributed by atoms with Gasteiger partial charge < -0.3 is 15.1 Å². The van der Waals surface area contributed by atoms with Crippen molar-refractivity contribution in [1.82, 2.24) is 24.0 Å². The smallest absolute Gasteiger partial charge is 0.340 e. The van der Waals surface area contributed by atoms with Crippen LogP contribution in [0.1, 0.15) is 6.92 Å². The number of nitrogens with one attached hydrogen (secondary N) is 1. The maximum atomic E-state index is 13.6. The van der Waals surface area contributed by atoms with Gasteiger partial charge in [0.05, 0.1) is 6.54 Å². The number of aryl methyl sites for hydroxylation is 1. The molecule has 37 heavy (non-hydrogen) atoms. The minimum Gasteiger partial charge on any atom is -0.340 e. The molecule has 13 heteroatoms. The van der Waals surface area contributed by atoms with Gasteiger partial charge in [-0.15, -0.1) is 5.92 Å². The summed E-state index contributed by atoms with van der Waals surface area (Å²) < 4.78 is 43.7. The van der Waals surface area contributed by atoms with Crippen molar-refractivity contribution in [3.8, 4) is 11.8 Å². The summed E-state index contributed by atoms with van der Waals surface area (Å²) in [5.74, 6) is 4.11. The van der Waals surface area contributed by atoms with Crippen LogP contribution in [-0.2, 0) is 24.9 Å². The molecule has 2 aromatic heterocycles. The van der Waals surface area contributed by atoms with Gasteiger partial charge in [0.1, 0.15) is 0 Å². The molecular weight excluding hydrogens is 491 g/mol. The number of piperazine rings is 1. The standard InChI is InChI=1S/C24H26F3N7O3/c1-3-4-12-33-18-19(29-22(33)31-13-10-28-11-14-31)30(2)23(37)34(20(18)35)16-15-32(21(36)24(25,26)27)17-8-6-5-7-9-17/h5-9,28H,10-16H2,1-2H3. The molecule has 1 amide bonds. The Balaban J connectivity index is 1.80. The monoisotopic (exact) mass is 517 g/mol. The maximum absolute atomic E-state index is 13.6. The highest BCUT2D eigenvalue weighted by Crippen LogP contribution is 2.24. The SMILES string of the molecule is CC#CCn1c(N2CCNCC2)nc2c1c(=O)n(CCN(C(=O)C(F)(F)F)c1ccccc1)c(=O)n2C. The quantitative estimate of drug-likeness (QED) is 0.489. The van der Waals surface area contributed by atoms with Crippen molar-refractivity contribution >= 4 is 28.7 Å². The molecule has 1 N–H and O–H groups in total. The fourth-order valence-electron chi connectivity index (χ4n) is 4.28. The van der Waals surface area contributed by atoms with Crippen LogP contribution >= 0.6 is 0 Å². The summed E-state index contributed by atoms with van der Waals surface area (Å²) in [4.78, 5) is 46.0. The van der Waals surface area contributed by atoms with Crippen LogP contribution in [0.25, 0.3) is 11.2 Å². The van der Waals surface area contributed by atoms with Crippen LogP contribution < -0.4 is 26.4 Å². The number of halogens is 3. The number of para-hydroxylation sites is 1. The van der Waals surface area contributed by atoms with Gasteiger partial charge in [-0.3, -0.25) is 23.3 Å². The molecular formula is C24H26F3N7O3. The Morgan fingerprint density at radius 2 is 1.81 bits per heavy atom. The van der Waals surface area contributed by atoms with E-state index < -0.39 is 36.4 Å². The minimum atomic E-state index is -5.13. The Kier molecular flexibility index (Phi) is 7.40. The number of anilines is 2. The van der Waals surface area contributed by atoms with Gasteiger partial charge in [0, 0.05) is 52.0 Å². The normalized spacial score (nSPS) is 13.9. The van der Waals surface area contributed by atoms with Gasteiger partial charge in [-0.1, -0.05) is 24.1 Å². The molecule has 0 atom stereocenters. The highest BCUT2D eigenvalue weighted by Gasteiger charge is 2.43. The van der Waals surface area contributed by atoms with Crippen molar-refractivity contribution in [2.24, 2.45) is 7.05 Å². The van der Waals surface area contributed by atoms with Gasteiger partial charge >= 0.3 is 17.8 Å². The lowest BCUT2D eigenvalue weighted by Gasteiger charge is -2.28. The second kappa shape index (κ2) is 10.5. The van der Waals surface area contributed by atoms with E-state index in [1.54, 1.807) is 17.6 Å². The van der Waals surface area contributed by atoms with Crippen LogP contribution in [-0.4, -0.2) is 63.5 Å². The van der Waals surface area contributed by atoms with Gasteiger partial charge in [-0.05, 0) is 19.1 Å². The van der Waals surface area contributed by atoms with Crippen molar-refractivity contribution < 1.29 is 18.0 Å². The van der Waals surface area contributed by atoms with E-state index in [2.05, 4.69) is 22.1 Å². The number of hydrogen-bond acceptors (Lipinski definition) is 6. The number of aromatic nitrogens is 4. The molecule has 0 bridgehead atoms. The summed E-state index contributed by atoms with van der Waals surface area (Å²) in [6.45, 7) is 3.51. The van der Waals surface area contributed by atoms with Crippen molar-refractivity contribution in [2.75, 3.05) is 42.5 Å². The molecule has 0 saturated carbocycles. The molecule has 1 aliphatic rings. The van der Waals surface area contributed by atoms with E-state index in [-0.39, 0.29) is 23.4 Å². The van der Waals surface area contributed by atoms with Gasteiger partial charge in [0.2, 0.25) is 5.95 Å². The number of fused-ring (bicyclic) bond motifs is 1. The molecule has 3 heterocycles. The number of benzene rings is 1. The molecule has 1 saturated heterocycles. The van der Waals surface area contributed by atoms with Crippen molar-refractivity contribution in [1.29, 1.82) is 0 Å². The van der Waals surface area contributed by atoms with E-state index in [9.17, 15) is 27.6 Å². The second-order valence-corrected chi connectivity index (χ2v) is 8.42. The van der Waals surface area contributed by atoms with E-state index >= 15 is 0 Å². The molecule has 3 aromatic rings. The summed E-state index contributed by atoms with van der Waals surface area (Å²) in [5.41, 5.74) is -1.18. The molecule has 1 aromatic carbocycles. The largest absolute Gasteiger partial charge is 0.471 e. The molecule has 196 valence electrons. The minimum absolute atomic E-state index is 0.0000298. The van der Waals surface area contributed by atoms with Crippen LogP contribution in [0.2, 0.25) is 0 Å². The third-order valence-corrected chi connectivity index (χ3v) is 6.13. The Morgan fingerprint density at radius 1 is 1.14 bits per heavy atom. The number of imidazole rings is 1. The first-order valence-corrected chi connectivity index (χ1v) is 11.6. The number of carbonyl (C=O) groups excluding carboxylic acids is 1. The van der Waals surface area contributed by atoms with Gasteiger partial charge in [0.25, 0.3) is 5.56 Å². The molecule has 10 nitrogen and oxygen atoms in total. The predicted octanol–water partition coefficient (Wildman–Crippen LogP) is 0.925. The number of nitrogens with zero attached hydrogens (tertiary/aromatic N) is 6. The average Bonchev–Trinajstić information content (AvgIpc) is 3.28. The first kappa shape index (κ1) is 26.0. The Labute approximate surface area is 209 Å². The maximum Gasteiger partial charge on any atom is 0.471 e. The van der Waals surface area contributed by atoms with E-state index in [1.165, 1.54) is 35.9 Å². The van der Waals surface area contributed by atoms with E-state index in [0.717, 1.165) is 4.57 Å². The van der Waals surface area contributed by atoms with Crippen molar-refractivity contribution in [3.63, 3.8) is 0 Å². The average molecular weight is 518 g/mol. The number of rotatable bonds is 6. The van der Waals surface area contributed by atoms with Gasteiger partial charge in [-0.25, -0.2) is 4.79 Å². The molecule has 0 aliphatic carbocycles. The lowest BCUT2D eigenvalue weighted by molar-refractivity contribution is -0.170. The summed E-state index contributed by atoms with van der Waals surface area (Å²) in [5, 5.41) is 3.24. The summed E-state index contributed by atoms with van der Waals surface area (Å²) in [6, 6.07) is 7.30. The van der Waals surface area contributed by atoms with Crippen LogP contribution in [0.3, 0.4) is 0 Å².